The Morgan fingerprint density at radius 1 is 1.25 bits per heavy atom. The van der Waals surface area contributed by atoms with Gasteiger partial charge in [0.25, 0.3) is 0 Å². The highest BCUT2D eigenvalue weighted by atomic mass is 32.2. The fraction of sp³-hybridized carbons (Fsp3) is 0.435. The Hall–Kier alpha value is -2.62. The number of benzene rings is 1. The summed E-state index contributed by atoms with van der Waals surface area (Å²) in [7, 11) is 0. The first kappa shape index (κ1) is 22.6. The van der Waals surface area contributed by atoms with E-state index in [1.54, 1.807) is 11.8 Å². The van der Waals surface area contributed by atoms with Crippen molar-refractivity contribution in [3.8, 4) is 5.88 Å². The monoisotopic (exact) mass is 456 g/mol. The minimum atomic E-state index is -0.243. The smallest absolute Gasteiger partial charge is 0.302 e. The van der Waals surface area contributed by atoms with E-state index in [0.29, 0.717) is 36.6 Å². The van der Waals surface area contributed by atoms with Crippen molar-refractivity contribution in [3.05, 3.63) is 54.0 Å². The summed E-state index contributed by atoms with van der Waals surface area (Å²) in [5.41, 5.74) is 3.33. The van der Waals surface area contributed by atoms with Crippen LogP contribution < -0.4 is 0 Å². The Morgan fingerprint density at radius 3 is 2.81 bits per heavy atom. The molecule has 9 heteroatoms. The maximum absolute atomic E-state index is 11.5. The van der Waals surface area contributed by atoms with Crippen molar-refractivity contribution < 1.29 is 19.4 Å². The van der Waals surface area contributed by atoms with Gasteiger partial charge in [-0.1, -0.05) is 30.3 Å². The van der Waals surface area contributed by atoms with E-state index in [9.17, 15) is 9.90 Å². The van der Waals surface area contributed by atoms with E-state index in [1.807, 2.05) is 41.1 Å². The molecule has 2 aromatic heterocycles. The van der Waals surface area contributed by atoms with E-state index in [0.717, 1.165) is 23.4 Å². The van der Waals surface area contributed by atoms with Gasteiger partial charge in [0.2, 0.25) is 5.88 Å². The number of carbonyl (C=O) groups is 1. The lowest BCUT2D eigenvalue weighted by Gasteiger charge is -2.16. The van der Waals surface area contributed by atoms with E-state index in [-0.39, 0.29) is 24.7 Å². The van der Waals surface area contributed by atoms with Crippen molar-refractivity contribution in [1.82, 2.24) is 19.4 Å². The third kappa shape index (κ3) is 5.23. The Bertz CT molecular complexity index is 1060. The summed E-state index contributed by atoms with van der Waals surface area (Å²) in [4.78, 5) is 22.2. The molecule has 3 heterocycles. The van der Waals surface area contributed by atoms with Crippen LogP contribution in [0.2, 0.25) is 0 Å². The van der Waals surface area contributed by atoms with Crippen LogP contribution in [0.3, 0.4) is 0 Å². The zero-order valence-corrected chi connectivity index (χ0v) is 19.1. The highest BCUT2D eigenvalue weighted by molar-refractivity contribution is 7.98. The van der Waals surface area contributed by atoms with Crippen LogP contribution in [0.1, 0.15) is 18.1 Å². The Labute approximate surface area is 191 Å². The summed E-state index contributed by atoms with van der Waals surface area (Å²) < 4.78 is 13.3. The first-order chi connectivity index (χ1) is 15.5. The number of rotatable bonds is 9. The van der Waals surface area contributed by atoms with Gasteiger partial charge in [-0.05, 0) is 11.8 Å². The van der Waals surface area contributed by atoms with Gasteiger partial charge in [-0.2, -0.15) is 11.8 Å². The quantitative estimate of drug-likeness (QED) is 0.492. The number of fused-ring (bicyclic) bond motifs is 1. The number of hydrogen-bond acceptors (Lipinski definition) is 8. The van der Waals surface area contributed by atoms with E-state index in [1.165, 1.54) is 13.3 Å². The van der Waals surface area contributed by atoms with Gasteiger partial charge in [-0.25, -0.2) is 9.97 Å². The first-order valence-corrected chi connectivity index (χ1v) is 12.0. The van der Waals surface area contributed by atoms with Crippen LogP contribution in [0, 0.1) is 5.92 Å². The van der Waals surface area contributed by atoms with Crippen molar-refractivity contribution in [2.24, 2.45) is 5.92 Å². The fourth-order valence-electron chi connectivity index (χ4n) is 4.25. The van der Waals surface area contributed by atoms with Gasteiger partial charge in [0.15, 0.2) is 0 Å². The van der Waals surface area contributed by atoms with E-state index >= 15 is 0 Å². The molecule has 1 aromatic carbocycles. The molecular weight excluding hydrogens is 428 g/mol. The molecule has 170 valence electrons. The van der Waals surface area contributed by atoms with E-state index in [2.05, 4.69) is 21.1 Å². The molecule has 3 aromatic rings. The molecule has 1 saturated heterocycles. The van der Waals surface area contributed by atoms with E-state index in [4.69, 9.17) is 9.47 Å². The Balaban J connectivity index is 1.50. The average molecular weight is 457 g/mol. The maximum Gasteiger partial charge on any atom is 0.302 e. The highest BCUT2D eigenvalue weighted by Crippen LogP contribution is 2.29. The molecular formula is C23H28N4O4S. The summed E-state index contributed by atoms with van der Waals surface area (Å²) in [5, 5.41) is 10.4. The van der Waals surface area contributed by atoms with Crippen LogP contribution in [0.4, 0.5) is 0 Å². The molecule has 1 unspecified atom stereocenters. The van der Waals surface area contributed by atoms with Crippen LogP contribution in [0.15, 0.2) is 42.9 Å². The molecule has 0 spiro atoms. The lowest BCUT2D eigenvalue weighted by Crippen LogP contribution is -2.26. The molecule has 1 N–H and O–H groups in total. The number of aromatic nitrogens is 3. The third-order valence-electron chi connectivity index (χ3n) is 5.60. The molecule has 0 radical (unpaired) electrons. The van der Waals surface area contributed by atoms with Gasteiger partial charge in [0.05, 0.1) is 6.61 Å². The number of aromatic hydroxyl groups is 1. The third-order valence-corrected chi connectivity index (χ3v) is 6.36. The van der Waals surface area contributed by atoms with Gasteiger partial charge < -0.3 is 19.1 Å². The van der Waals surface area contributed by atoms with E-state index < -0.39 is 0 Å². The fourth-order valence-corrected chi connectivity index (χ4v) is 5.00. The average Bonchev–Trinajstić information content (AvgIpc) is 3.30. The largest absolute Gasteiger partial charge is 0.492 e. The van der Waals surface area contributed by atoms with Crippen molar-refractivity contribution in [3.63, 3.8) is 0 Å². The molecule has 4 rings (SSSR count). The Kier molecular flexibility index (Phi) is 7.29. The normalized spacial score (nSPS) is 18.9. The van der Waals surface area contributed by atoms with Crippen molar-refractivity contribution in [2.45, 2.75) is 32.9 Å². The maximum atomic E-state index is 11.5. The van der Waals surface area contributed by atoms with Crippen LogP contribution in [-0.2, 0) is 34.2 Å². The number of likely N-dealkylation sites (tertiary alicyclic amines) is 1. The minimum absolute atomic E-state index is 0.0657. The van der Waals surface area contributed by atoms with Gasteiger partial charge in [-0.3, -0.25) is 9.69 Å². The lowest BCUT2D eigenvalue weighted by atomic mass is 10.1. The number of ether oxygens (including phenoxy) is 2. The molecule has 32 heavy (non-hydrogen) atoms. The van der Waals surface area contributed by atoms with Gasteiger partial charge in [0.1, 0.15) is 30.2 Å². The number of nitrogens with zero attached hydrogens (tertiary/aromatic N) is 4. The van der Waals surface area contributed by atoms with Crippen molar-refractivity contribution in [1.29, 1.82) is 0 Å². The first-order valence-electron chi connectivity index (χ1n) is 10.6. The lowest BCUT2D eigenvalue weighted by molar-refractivity contribution is -0.147. The summed E-state index contributed by atoms with van der Waals surface area (Å²) in [6, 6.07) is 9.95. The molecule has 8 nitrogen and oxygen atoms in total. The molecule has 0 bridgehead atoms. The molecule has 0 aliphatic carbocycles. The predicted molar refractivity (Wildman–Crippen MR) is 123 cm³/mol. The summed E-state index contributed by atoms with van der Waals surface area (Å²) in [5.74, 6) is 0.920. The zero-order chi connectivity index (χ0) is 22.5. The second-order valence-corrected chi connectivity index (χ2v) is 8.95. The number of thioether (sulfide) groups is 1. The summed E-state index contributed by atoms with van der Waals surface area (Å²) in [6.07, 6.45) is 5.30. The standard InChI is InChI=1S/C23H28N4O4S/c1-16(28)31-20-11-26(9-19(20)13-32-2)8-18-10-27(22-21(18)24-14-25-23(22)29)15-30-12-17-6-4-3-5-7-17/h3-7,10,14,19-20H,8-9,11-13,15H2,1-2H3,(H,24,25,29)/t19-,20?/m1/s1. The van der Waals surface area contributed by atoms with Crippen molar-refractivity contribution in [2.75, 3.05) is 25.1 Å². The van der Waals surface area contributed by atoms with Crippen LogP contribution >= 0.6 is 11.8 Å². The summed E-state index contributed by atoms with van der Waals surface area (Å²) >= 11 is 1.76. The molecule has 1 aliphatic heterocycles. The number of carbonyl (C=O) groups excluding carboxylic acids is 1. The second-order valence-electron chi connectivity index (χ2n) is 8.04. The van der Waals surface area contributed by atoms with Crippen LogP contribution in [-0.4, -0.2) is 61.7 Å². The molecule has 1 fully saturated rings. The molecule has 2 atom stereocenters. The Morgan fingerprint density at radius 2 is 2.06 bits per heavy atom. The summed E-state index contributed by atoms with van der Waals surface area (Å²) in [6.45, 7) is 4.36. The minimum Gasteiger partial charge on any atom is -0.492 e. The second kappa shape index (κ2) is 10.3. The highest BCUT2D eigenvalue weighted by Gasteiger charge is 2.35. The van der Waals surface area contributed by atoms with Gasteiger partial charge >= 0.3 is 5.97 Å². The van der Waals surface area contributed by atoms with Gasteiger partial charge in [-0.15, -0.1) is 0 Å². The van der Waals surface area contributed by atoms with Crippen molar-refractivity contribution >= 4 is 28.8 Å². The number of esters is 1. The molecule has 1 aliphatic rings. The van der Waals surface area contributed by atoms with Crippen LogP contribution in [0.25, 0.3) is 11.0 Å². The van der Waals surface area contributed by atoms with Gasteiger partial charge in [0, 0.05) is 50.0 Å². The predicted octanol–water partition coefficient (Wildman–Crippen LogP) is 3.04. The topological polar surface area (TPSA) is 89.7 Å². The molecule has 0 amide bonds. The SMILES string of the molecule is CSC[C@H]1CN(Cc2cn(COCc3ccccc3)c3c(O)ncnc23)CC1OC(C)=O. The molecule has 0 saturated carbocycles. The zero-order valence-electron chi connectivity index (χ0n) is 18.3. The number of hydrogen-bond donors (Lipinski definition) is 1. The van der Waals surface area contributed by atoms with Crippen LogP contribution in [0.5, 0.6) is 5.88 Å².